The number of pyridine rings is 1. The summed E-state index contributed by atoms with van der Waals surface area (Å²) >= 11 is 1.24. The maximum Gasteiger partial charge on any atom is 0.422 e. The van der Waals surface area contributed by atoms with Crippen LogP contribution in [-0.4, -0.2) is 63.9 Å². The third-order valence-electron chi connectivity index (χ3n) is 5.03. The highest BCUT2D eigenvalue weighted by Crippen LogP contribution is 2.30. The lowest BCUT2D eigenvalue weighted by atomic mass is 10.2. The summed E-state index contributed by atoms with van der Waals surface area (Å²) in [5.74, 6) is -0.0760. The molecule has 0 aliphatic heterocycles. The lowest BCUT2D eigenvalue weighted by molar-refractivity contribution is -0.153. The van der Waals surface area contributed by atoms with Gasteiger partial charge in [-0.05, 0) is 32.0 Å². The molecule has 0 N–H and O–H groups in total. The zero-order valence-electron chi connectivity index (χ0n) is 19.5. The Labute approximate surface area is 204 Å². The van der Waals surface area contributed by atoms with Crippen molar-refractivity contribution in [3.05, 3.63) is 47.8 Å². The van der Waals surface area contributed by atoms with Crippen molar-refractivity contribution in [2.75, 3.05) is 26.3 Å². The molecule has 8 nitrogen and oxygen atoms in total. The fraction of sp³-hybridized carbons (Fsp3) is 0.391. The number of alkyl halides is 3. The van der Waals surface area contributed by atoms with Crippen LogP contribution in [0.25, 0.3) is 11.0 Å². The summed E-state index contributed by atoms with van der Waals surface area (Å²) in [6.45, 7) is 4.02. The van der Waals surface area contributed by atoms with E-state index in [9.17, 15) is 22.8 Å². The molecule has 2 aromatic heterocycles. The van der Waals surface area contributed by atoms with Crippen molar-refractivity contribution in [3.8, 4) is 5.75 Å². The number of thioether (sulfide) groups is 1. The van der Waals surface area contributed by atoms with E-state index in [2.05, 4.69) is 9.97 Å². The van der Waals surface area contributed by atoms with Gasteiger partial charge in [0.05, 0.1) is 23.3 Å². The molecule has 0 fully saturated rings. The van der Waals surface area contributed by atoms with E-state index in [0.29, 0.717) is 34.0 Å². The molecule has 1 aromatic carbocycles. The molecular weight excluding hydrogens is 485 g/mol. The van der Waals surface area contributed by atoms with Gasteiger partial charge >= 0.3 is 18.2 Å². The second kappa shape index (κ2) is 11.4. The van der Waals surface area contributed by atoms with Crippen LogP contribution in [0.1, 0.15) is 25.1 Å². The molecule has 0 radical (unpaired) electrons. The summed E-state index contributed by atoms with van der Waals surface area (Å²) < 4.78 is 49.1. The number of para-hydroxylation sites is 2. The van der Waals surface area contributed by atoms with Gasteiger partial charge in [0, 0.05) is 31.0 Å². The smallest absolute Gasteiger partial charge is 0.422 e. The monoisotopic (exact) mass is 510 g/mol. The zero-order chi connectivity index (χ0) is 25.6. The number of nitrogens with zero attached hydrogens (tertiary/aromatic N) is 4. The molecule has 0 aliphatic carbocycles. The van der Waals surface area contributed by atoms with Gasteiger partial charge in [0.25, 0.3) is 0 Å². The van der Waals surface area contributed by atoms with Gasteiger partial charge in [-0.2, -0.15) is 13.2 Å². The SMILES string of the molecule is CCN(CCOC(C)=O)C(=O)n1c(SCc2nccc(OCC(F)(F)F)c2C)nc2ccccc21. The van der Waals surface area contributed by atoms with Crippen LogP contribution in [0, 0.1) is 6.92 Å². The second-order valence-corrected chi connectivity index (χ2v) is 8.44. The van der Waals surface area contributed by atoms with Crippen molar-refractivity contribution >= 4 is 34.8 Å². The molecule has 0 spiro atoms. The van der Waals surface area contributed by atoms with Gasteiger partial charge in [0.15, 0.2) is 11.8 Å². The normalized spacial score (nSPS) is 11.5. The number of hydrogen-bond acceptors (Lipinski definition) is 7. The van der Waals surface area contributed by atoms with E-state index in [-0.39, 0.29) is 30.7 Å². The molecule has 3 aromatic rings. The molecule has 1 amide bonds. The molecule has 0 saturated carbocycles. The minimum absolute atomic E-state index is 0.0673. The number of carbonyl (C=O) groups is 2. The summed E-state index contributed by atoms with van der Waals surface area (Å²) in [7, 11) is 0. The molecule has 2 heterocycles. The van der Waals surface area contributed by atoms with Gasteiger partial charge in [0.1, 0.15) is 12.4 Å². The Hall–Kier alpha value is -3.28. The Morgan fingerprint density at radius 3 is 2.63 bits per heavy atom. The summed E-state index contributed by atoms with van der Waals surface area (Å²) in [4.78, 5) is 34.9. The maximum atomic E-state index is 13.4. The standard InChI is InChI=1S/C23H25F3N4O4S/c1-4-29(11-12-33-16(3)31)22(32)30-19-8-6-5-7-17(19)28-21(30)35-13-18-15(2)20(9-10-27-18)34-14-23(24,25)26/h5-10H,4,11-14H2,1-3H3. The van der Waals surface area contributed by atoms with Crippen molar-refractivity contribution in [1.29, 1.82) is 0 Å². The zero-order valence-corrected chi connectivity index (χ0v) is 20.3. The number of ether oxygens (including phenoxy) is 2. The Morgan fingerprint density at radius 1 is 1.20 bits per heavy atom. The van der Waals surface area contributed by atoms with E-state index in [1.807, 2.05) is 13.0 Å². The molecule has 0 unspecified atom stereocenters. The van der Waals surface area contributed by atoms with E-state index in [1.165, 1.54) is 40.4 Å². The van der Waals surface area contributed by atoms with Gasteiger partial charge in [0.2, 0.25) is 0 Å². The molecule has 12 heteroatoms. The average Bonchev–Trinajstić information content (AvgIpc) is 3.17. The number of amides is 1. The molecule has 0 bridgehead atoms. The number of imidazole rings is 1. The average molecular weight is 511 g/mol. The predicted molar refractivity (Wildman–Crippen MR) is 124 cm³/mol. The fourth-order valence-corrected chi connectivity index (χ4v) is 4.29. The fourth-order valence-electron chi connectivity index (χ4n) is 3.27. The number of benzene rings is 1. The van der Waals surface area contributed by atoms with E-state index >= 15 is 0 Å². The van der Waals surface area contributed by atoms with Crippen LogP contribution in [-0.2, 0) is 15.3 Å². The molecule has 35 heavy (non-hydrogen) atoms. The Kier molecular flexibility index (Phi) is 8.60. The van der Waals surface area contributed by atoms with Crippen LogP contribution >= 0.6 is 11.8 Å². The van der Waals surface area contributed by atoms with Crippen LogP contribution in [0.5, 0.6) is 5.75 Å². The van der Waals surface area contributed by atoms with Crippen LogP contribution in [0.15, 0.2) is 41.7 Å². The van der Waals surface area contributed by atoms with Gasteiger partial charge in [-0.25, -0.2) is 14.3 Å². The van der Waals surface area contributed by atoms with Crippen LogP contribution in [0.4, 0.5) is 18.0 Å². The number of likely N-dealkylation sites (N-methyl/N-ethyl adjacent to an activating group) is 1. The number of aromatic nitrogens is 3. The van der Waals surface area contributed by atoms with Crippen LogP contribution < -0.4 is 4.74 Å². The second-order valence-electron chi connectivity index (χ2n) is 7.49. The van der Waals surface area contributed by atoms with E-state index in [0.717, 1.165) is 0 Å². The third-order valence-corrected chi connectivity index (χ3v) is 5.98. The number of halogens is 3. The minimum atomic E-state index is -4.45. The van der Waals surface area contributed by atoms with Crippen molar-refractivity contribution < 1.29 is 32.2 Å². The van der Waals surface area contributed by atoms with Gasteiger partial charge in [-0.1, -0.05) is 23.9 Å². The first-order valence-electron chi connectivity index (χ1n) is 10.8. The quantitative estimate of drug-likeness (QED) is 0.301. The summed E-state index contributed by atoms with van der Waals surface area (Å²) in [5.41, 5.74) is 2.22. The number of fused-ring (bicyclic) bond motifs is 1. The minimum Gasteiger partial charge on any atom is -0.484 e. The van der Waals surface area contributed by atoms with Gasteiger partial charge in [-0.3, -0.25) is 9.78 Å². The van der Waals surface area contributed by atoms with E-state index in [4.69, 9.17) is 9.47 Å². The number of hydrogen-bond donors (Lipinski definition) is 0. The van der Waals surface area contributed by atoms with Gasteiger partial charge < -0.3 is 14.4 Å². The topological polar surface area (TPSA) is 86.6 Å². The van der Waals surface area contributed by atoms with Gasteiger partial charge in [-0.15, -0.1) is 0 Å². The first-order valence-corrected chi connectivity index (χ1v) is 11.8. The van der Waals surface area contributed by atoms with Crippen molar-refractivity contribution in [1.82, 2.24) is 19.4 Å². The Balaban J connectivity index is 1.84. The highest BCUT2D eigenvalue weighted by Gasteiger charge is 2.29. The third kappa shape index (κ3) is 6.87. The van der Waals surface area contributed by atoms with Crippen LogP contribution in [0.2, 0.25) is 0 Å². The van der Waals surface area contributed by atoms with Crippen LogP contribution in [0.3, 0.4) is 0 Å². The Morgan fingerprint density at radius 2 is 1.94 bits per heavy atom. The lowest BCUT2D eigenvalue weighted by Gasteiger charge is -2.22. The molecule has 0 aliphatic rings. The maximum absolute atomic E-state index is 13.4. The van der Waals surface area contributed by atoms with Crippen molar-refractivity contribution in [2.24, 2.45) is 0 Å². The lowest BCUT2D eigenvalue weighted by Crippen LogP contribution is -2.37. The molecule has 0 atom stereocenters. The largest absolute Gasteiger partial charge is 0.484 e. The van der Waals surface area contributed by atoms with Crippen molar-refractivity contribution in [2.45, 2.75) is 37.9 Å². The molecular formula is C23H25F3N4O4S. The highest BCUT2D eigenvalue weighted by molar-refractivity contribution is 7.98. The molecule has 188 valence electrons. The highest BCUT2D eigenvalue weighted by atomic mass is 32.2. The molecule has 3 rings (SSSR count). The van der Waals surface area contributed by atoms with Crippen molar-refractivity contribution in [3.63, 3.8) is 0 Å². The summed E-state index contributed by atoms with van der Waals surface area (Å²) in [6, 6.07) is 8.22. The Bertz CT molecular complexity index is 1200. The van der Waals surface area contributed by atoms with E-state index < -0.39 is 18.8 Å². The number of esters is 1. The summed E-state index contributed by atoms with van der Waals surface area (Å²) in [6.07, 6.45) is -3.06. The number of carbonyl (C=O) groups excluding carboxylic acids is 2. The number of rotatable bonds is 9. The molecule has 0 saturated heterocycles. The summed E-state index contributed by atoms with van der Waals surface area (Å²) in [5, 5.41) is 0.407. The predicted octanol–water partition coefficient (Wildman–Crippen LogP) is 4.83. The van der Waals surface area contributed by atoms with E-state index in [1.54, 1.807) is 25.1 Å². The first kappa shape index (κ1) is 26.3. The first-order chi connectivity index (χ1) is 16.6.